The number of nitrogens with zero attached hydrogens (tertiary/aromatic N) is 1. The quantitative estimate of drug-likeness (QED) is 0.517. The highest BCUT2D eigenvalue weighted by Gasteiger charge is 2.15. The summed E-state index contributed by atoms with van der Waals surface area (Å²) in [6, 6.07) is 0. The molecule has 1 saturated heterocycles. The Morgan fingerprint density at radius 3 is 2.11 bits per heavy atom. The van der Waals surface area contributed by atoms with Gasteiger partial charge in [-0.3, -0.25) is 4.67 Å². The average Bonchev–Trinajstić information content (AvgIpc) is 1.90. The van der Waals surface area contributed by atoms with Crippen molar-refractivity contribution in [2.75, 3.05) is 19.8 Å². The second kappa shape index (κ2) is 3.48. The van der Waals surface area contributed by atoms with E-state index in [4.69, 9.17) is 0 Å². The molecule has 1 atom stereocenters. The molecule has 0 aromatic heterocycles. The summed E-state index contributed by atoms with van der Waals surface area (Å²) in [5.74, 6) is 0. The lowest BCUT2D eigenvalue weighted by molar-refractivity contribution is 0.359. The van der Waals surface area contributed by atoms with E-state index in [1.807, 2.05) is 4.67 Å². The molecule has 0 amide bonds. The molecule has 0 radical (unpaired) electrons. The zero-order valence-electron chi connectivity index (χ0n) is 5.81. The first-order valence-electron chi connectivity index (χ1n) is 3.45. The largest absolute Gasteiger partial charge is 0.256 e. The maximum Gasteiger partial charge on any atom is 0.153 e. The predicted octanol–water partition coefficient (Wildman–Crippen LogP) is 2.38. The minimum absolute atomic E-state index is 0.985. The Labute approximate surface area is 57.2 Å². The van der Waals surface area contributed by atoms with E-state index in [0.717, 1.165) is 13.1 Å². The number of piperidine rings is 1. The van der Waals surface area contributed by atoms with Crippen LogP contribution >= 0.6 is 8.38 Å². The van der Waals surface area contributed by atoms with E-state index in [0.29, 0.717) is 0 Å². The molecule has 0 aromatic rings. The van der Waals surface area contributed by atoms with E-state index >= 15 is 0 Å². The molecule has 1 unspecified atom stereocenters. The molecular weight excluding hydrogens is 136 g/mol. The molecule has 1 heterocycles. The second-order valence-corrected chi connectivity index (χ2v) is 3.91. The molecule has 0 N–H and O–H groups in total. The second-order valence-electron chi connectivity index (χ2n) is 2.46. The highest BCUT2D eigenvalue weighted by molar-refractivity contribution is 7.48. The van der Waals surface area contributed by atoms with Crippen molar-refractivity contribution >= 4 is 8.38 Å². The van der Waals surface area contributed by atoms with Crippen LogP contribution in [0.15, 0.2) is 0 Å². The van der Waals surface area contributed by atoms with Crippen molar-refractivity contribution in [3.8, 4) is 0 Å². The Morgan fingerprint density at radius 1 is 1.22 bits per heavy atom. The molecule has 1 fully saturated rings. The van der Waals surface area contributed by atoms with Gasteiger partial charge in [-0.15, -0.1) is 0 Å². The van der Waals surface area contributed by atoms with Gasteiger partial charge in [-0.05, 0) is 19.5 Å². The van der Waals surface area contributed by atoms with Crippen LogP contribution in [0.2, 0.25) is 0 Å². The molecule has 0 aliphatic carbocycles. The number of rotatable bonds is 1. The number of halogens is 1. The Morgan fingerprint density at radius 2 is 1.78 bits per heavy atom. The first kappa shape index (κ1) is 7.43. The van der Waals surface area contributed by atoms with Gasteiger partial charge in [-0.25, -0.2) is 4.20 Å². The zero-order chi connectivity index (χ0) is 6.69. The normalized spacial score (nSPS) is 26.0. The van der Waals surface area contributed by atoms with Gasteiger partial charge < -0.3 is 0 Å². The summed E-state index contributed by atoms with van der Waals surface area (Å²) in [7, 11) is -1.29. The van der Waals surface area contributed by atoms with Crippen LogP contribution in [-0.4, -0.2) is 24.4 Å². The van der Waals surface area contributed by atoms with Crippen LogP contribution in [-0.2, 0) is 0 Å². The smallest absolute Gasteiger partial charge is 0.153 e. The fourth-order valence-corrected chi connectivity index (χ4v) is 1.99. The van der Waals surface area contributed by atoms with Crippen LogP contribution in [0.3, 0.4) is 0 Å². The Hall–Kier alpha value is 0.320. The van der Waals surface area contributed by atoms with Gasteiger partial charge in [0.2, 0.25) is 0 Å². The van der Waals surface area contributed by atoms with Crippen molar-refractivity contribution in [1.82, 2.24) is 4.67 Å². The summed E-state index contributed by atoms with van der Waals surface area (Å²) in [6.07, 6.45) is 3.67. The molecule has 1 aliphatic rings. The lowest BCUT2D eigenvalue weighted by Gasteiger charge is -2.26. The molecule has 0 aromatic carbocycles. The fraction of sp³-hybridized carbons (Fsp3) is 1.00. The first-order chi connectivity index (χ1) is 4.30. The molecule has 1 aliphatic heterocycles. The molecular formula is C6H13FNP. The van der Waals surface area contributed by atoms with E-state index < -0.39 is 8.38 Å². The molecule has 0 spiro atoms. The first-order valence-corrected chi connectivity index (χ1v) is 5.08. The lowest BCUT2D eigenvalue weighted by Crippen LogP contribution is -2.23. The molecule has 0 bridgehead atoms. The van der Waals surface area contributed by atoms with Gasteiger partial charge >= 0.3 is 0 Å². The number of hydrogen-bond acceptors (Lipinski definition) is 1. The topological polar surface area (TPSA) is 3.24 Å². The summed E-state index contributed by atoms with van der Waals surface area (Å²) in [6.45, 7) is 3.65. The molecule has 0 saturated carbocycles. The standard InChI is InChI=1S/C6H13FNP/c1-9(7)8-5-3-2-4-6-8/h2-6H2,1H3. The van der Waals surface area contributed by atoms with Gasteiger partial charge in [-0.1, -0.05) is 6.42 Å². The van der Waals surface area contributed by atoms with Gasteiger partial charge in [0, 0.05) is 13.1 Å². The molecule has 9 heavy (non-hydrogen) atoms. The van der Waals surface area contributed by atoms with Crippen LogP contribution < -0.4 is 0 Å². The van der Waals surface area contributed by atoms with Crippen molar-refractivity contribution in [3.05, 3.63) is 0 Å². The van der Waals surface area contributed by atoms with E-state index in [2.05, 4.69) is 0 Å². The Bertz CT molecular complexity index is 81.1. The van der Waals surface area contributed by atoms with E-state index in [9.17, 15) is 4.20 Å². The van der Waals surface area contributed by atoms with E-state index in [1.165, 1.54) is 19.3 Å². The predicted molar refractivity (Wildman–Crippen MR) is 39.4 cm³/mol. The van der Waals surface area contributed by atoms with Gasteiger partial charge in [0.05, 0.1) is 0 Å². The number of hydrogen-bond donors (Lipinski definition) is 0. The summed E-state index contributed by atoms with van der Waals surface area (Å²) in [5.41, 5.74) is 0. The minimum Gasteiger partial charge on any atom is -0.256 e. The zero-order valence-corrected chi connectivity index (χ0v) is 6.70. The van der Waals surface area contributed by atoms with Gasteiger partial charge in [0.15, 0.2) is 8.38 Å². The van der Waals surface area contributed by atoms with Crippen molar-refractivity contribution in [2.24, 2.45) is 0 Å². The third-order valence-electron chi connectivity index (χ3n) is 1.72. The third-order valence-corrected chi connectivity index (χ3v) is 2.90. The maximum atomic E-state index is 12.6. The Balaban J connectivity index is 2.23. The summed E-state index contributed by atoms with van der Waals surface area (Å²) in [5, 5.41) is 0. The summed E-state index contributed by atoms with van der Waals surface area (Å²) >= 11 is 0. The van der Waals surface area contributed by atoms with Crippen molar-refractivity contribution in [2.45, 2.75) is 19.3 Å². The van der Waals surface area contributed by atoms with Gasteiger partial charge in [0.25, 0.3) is 0 Å². The van der Waals surface area contributed by atoms with Gasteiger partial charge in [0.1, 0.15) is 0 Å². The molecule has 1 nitrogen and oxygen atoms in total. The monoisotopic (exact) mass is 149 g/mol. The van der Waals surface area contributed by atoms with Crippen LogP contribution in [0.1, 0.15) is 19.3 Å². The summed E-state index contributed by atoms with van der Waals surface area (Å²) < 4.78 is 14.5. The SMILES string of the molecule is CP(F)N1CCCCC1. The molecule has 54 valence electrons. The average molecular weight is 149 g/mol. The van der Waals surface area contributed by atoms with E-state index in [-0.39, 0.29) is 0 Å². The maximum absolute atomic E-state index is 12.6. The minimum atomic E-state index is -1.29. The van der Waals surface area contributed by atoms with Crippen LogP contribution in [0.5, 0.6) is 0 Å². The van der Waals surface area contributed by atoms with Crippen LogP contribution in [0.4, 0.5) is 4.20 Å². The van der Waals surface area contributed by atoms with Crippen LogP contribution in [0.25, 0.3) is 0 Å². The fourth-order valence-electron chi connectivity index (χ4n) is 1.15. The Kier molecular flexibility index (Phi) is 2.87. The van der Waals surface area contributed by atoms with Crippen molar-refractivity contribution < 1.29 is 4.20 Å². The highest BCUT2D eigenvalue weighted by Crippen LogP contribution is 2.38. The molecule has 3 heteroatoms. The third kappa shape index (κ3) is 2.19. The van der Waals surface area contributed by atoms with Crippen LogP contribution in [0, 0.1) is 0 Å². The lowest BCUT2D eigenvalue weighted by atomic mass is 10.2. The summed E-state index contributed by atoms with van der Waals surface area (Å²) in [4.78, 5) is 0. The van der Waals surface area contributed by atoms with Gasteiger partial charge in [-0.2, -0.15) is 0 Å². The molecule has 1 rings (SSSR count). The van der Waals surface area contributed by atoms with E-state index in [1.54, 1.807) is 6.66 Å². The van der Waals surface area contributed by atoms with Crippen molar-refractivity contribution in [1.29, 1.82) is 0 Å². The highest BCUT2D eigenvalue weighted by atomic mass is 31.2. The van der Waals surface area contributed by atoms with Crippen molar-refractivity contribution in [3.63, 3.8) is 0 Å².